The van der Waals surface area contributed by atoms with Gasteiger partial charge in [-0.3, -0.25) is 0 Å². The summed E-state index contributed by atoms with van der Waals surface area (Å²) in [5, 5.41) is 9.40. The zero-order valence-corrected chi connectivity index (χ0v) is 9.31. The van der Waals surface area contributed by atoms with E-state index in [0.717, 1.165) is 24.3 Å². The molecule has 0 aliphatic heterocycles. The number of alkyl halides is 6. The van der Waals surface area contributed by atoms with Gasteiger partial charge in [0.05, 0.1) is 6.10 Å². The molecule has 0 aliphatic carbocycles. The predicted octanol–water partition coefficient (Wildman–Crippen LogP) is 4.11. The molecule has 0 amide bonds. The Bertz CT molecular complexity index is 382. The van der Waals surface area contributed by atoms with Crippen molar-refractivity contribution in [2.75, 3.05) is 0 Å². The lowest BCUT2D eigenvalue weighted by Crippen LogP contribution is -2.40. The molecule has 0 fully saturated rings. The first-order chi connectivity index (χ1) is 8.03. The standard InChI is InChI=1S/C10H7ClF6O/c11-6-3-1-5(2-4-6)7(18)8(9(12,13)14)10(15,16)17/h1-4,7-8,18H. The molecule has 1 unspecified atom stereocenters. The van der Waals surface area contributed by atoms with E-state index in [0.29, 0.717) is 0 Å². The Balaban J connectivity index is 3.11. The van der Waals surface area contributed by atoms with E-state index in [4.69, 9.17) is 11.6 Å². The number of rotatable bonds is 2. The fourth-order valence-corrected chi connectivity index (χ4v) is 1.52. The summed E-state index contributed by atoms with van der Waals surface area (Å²) in [5.41, 5.74) is -0.501. The molecule has 0 aliphatic rings. The Kier molecular flexibility index (Phi) is 4.17. The molecule has 8 heteroatoms. The fourth-order valence-electron chi connectivity index (χ4n) is 1.40. The zero-order chi connectivity index (χ0) is 14.1. The van der Waals surface area contributed by atoms with Crippen molar-refractivity contribution >= 4 is 11.6 Å². The van der Waals surface area contributed by atoms with E-state index in [1.54, 1.807) is 0 Å². The zero-order valence-electron chi connectivity index (χ0n) is 8.56. The highest BCUT2D eigenvalue weighted by molar-refractivity contribution is 6.30. The summed E-state index contributed by atoms with van der Waals surface area (Å²) in [6.07, 6.45) is -13.9. The molecule has 0 spiro atoms. The smallest absolute Gasteiger partial charge is 0.387 e. The van der Waals surface area contributed by atoms with Crippen molar-refractivity contribution < 1.29 is 31.4 Å². The monoisotopic (exact) mass is 292 g/mol. The molecule has 1 nitrogen and oxygen atoms in total. The third-order valence-corrected chi connectivity index (χ3v) is 2.48. The predicted molar refractivity (Wildman–Crippen MR) is 52.0 cm³/mol. The Morgan fingerprint density at radius 1 is 0.889 bits per heavy atom. The average Bonchev–Trinajstić information content (AvgIpc) is 2.13. The van der Waals surface area contributed by atoms with E-state index in [1.165, 1.54) is 0 Å². The minimum Gasteiger partial charge on any atom is -0.387 e. The normalized spacial score (nSPS) is 14.9. The molecule has 0 bridgehead atoms. The van der Waals surface area contributed by atoms with Crippen molar-refractivity contribution in [3.8, 4) is 0 Å². The molecule has 102 valence electrons. The van der Waals surface area contributed by atoms with Crippen molar-refractivity contribution in [1.82, 2.24) is 0 Å². The summed E-state index contributed by atoms with van der Waals surface area (Å²) in [5.74, 6) is -3.83. The van der Waals surface area contributed by atoms with Crippen LogP contribution in [0.3, 0.4) is 0 Å². The highest BCUT2D eigenvalue weighted by Gasteiger charge is 2.60. The summed E-state index contributed by atoms with van der Waals surface area (Å²) in [6, 6.07) is 4.03. The molecule has 1 aromatic rings. The lowest BCUT2D eigenvalue weighted by atomic mass is 9.94. The van der Waals surface area contributed by atoms with Crippen LogP contribution >= 0.6 is 11.6 Å². The quantitative estimate of drug-likeness (QED) is 0.813. The molecule has 1 rings (SSSR count). The van der Waals surface area contributed by atoms with E-state index in [1.807, 2.05) is 0 Å². The third-order valence-electron chi connectivity index (χ3n) is 2.23. The number of aliphatic hydroxyl groups is 1. The Morgan fingerprint density at radius 2 is 1.28 bits per heavy atom. The first-order valence-corrected chi connectivity index (χ1v) is 4.98. The number of halogens is 7. The van der Waals surface area contributed by atoms with Gasteiger partial charge in [0.15, 0.2) is 5.92 Å². The van der Waals surface area contributed by atoms with E-state index in [2.05, 4.69) is 0 Å². The topological polar surface area (TPSA) is 20.2 Å². The fraction of sp³-hybridized carbons (Fsp3) is 0.400. The molecule has 0 saturated heterocycles. The van der Waals surface area contributed by atoms with Crippen molar-refractivity contribution in [2.45, 2.75) is 18.5 Å². The largest absolute Gasteiger partial charge is 0.403 e. The van der Waals surface area contributed by atoms with Gasteiger partial charge in [-0.2, -0.15) is 26.3 Å². The molecule has 0 heterocycles. The van der Waals surface area contributed by atoms with Crippen LogP contribution in [0.15, 0.2) is 24.3 Å². The number of hydrogen-bond donors (Lipinski definition) is 1. The molecule has 0 aromatic heterocycles. The maximum atomic E-state index is 12.3. The van der Waals surface area contributed by atoms with Gasteiger partial charge in [-0.25, -0.2) is 0 Å². The molecule has 0 saturated carbocycles. The van der Waals surface area contributed by atoms with Gasteiger partial charge in [-0.1, -0.05) is 23.7 Å². The minimum absolute atomic E-state index is 0.140. The highest BCUT2D eigenvalue weighted by atomic mass is 35.5. The number of benzene rings is 1. The molecule has 1 aromatic carbocycles. The van der Waals surface area contributed by atoms with E-state index >= 15 is 0 Å². The Labute approximate surface area is 103 Å². The van der Waals surface area contributed by atoms with Crippen molar-refractivity contribution in [3.05, 3.63) is 34.9 Å². The Morgan fingerprint density at radius 3 is 1.61 bits per heavy atom. The number of hydrogen-bond acceptors (Lipinski definition) is 1. The molecular weight excluding hydrogens is 286 g/mol. The van der Waals surface area contributed by atoms with Gasteiger partial charge in [0, 0.05) is 5.02 Å². The van der Waals surface area contributed by atoms with Gasteiger partial charge in [0.2, 0.25) is 0 Å². The van der Waals surface area contributed by atoms with Crippen LogP contribution in [-0.2, 0) is 0 Å². The maximum absolute atomic E-state index is 12.3. The molecule has 0 radical (unpaired) electrons. The lowest BCUT2D eigenvalue weighted by molar-refractivity contribution is -0.307. The summed E-state index contributed by atoms with van der Waals surface area (Å²) >= 11 is 5.45. The van der Waals surface area contributed by atoms with Crippen LogP contribution in [0.1, 0.15) is 11.7 Å². The molecule has 1 atom stereocenters. The van der Waals surface area contributed by atoms with Gasteiger partial charge in [0.1, 0.15) is 0 Å². The minimum atomic E-state index is -5.59. The lowest BCUT2D eigenvalue weighted by Gasteiger charge is -2.27. The van der Waals surface area contributed by atoms with Crippen LogP contribution in [-0.4, -0.2) is 17.5 Å². The summed E-state index contributed by atoms with van der Waals surface area (Å²) in [7, 11) is 0. The van der Waals surface area contributed by atoms with Crippen LogP contribution < -0.4 is 0 Å². The maximum Gasteiger partial charge on any atom is 0.403 e. The Hall–Kier alpha value is -0.950. The van der Waals surface area contributed by atoms with Crippen LogP contribution in [0.5, 0.6) is 0 Å². The molecular formula is C10H7ClF6O. The van der Waals surface area contributed by atoms with Gasteiger partial charge < -0.3 is 5.11 Å². The highest BCUT2D eigenvalue weighted by Crippen LogP contribution is 2.46. The van der Waals surface area contributed by atoms with Crippen LogP contribution in [0.25, 0.3) is 0 Å². The summed E-state index contributed by atoms with van der Waals surface area (Å²) in [6.45, 7) is 0. The van der Waals surface area contributed by atoms with Crippen LogP contribution in [0.2, 0.25) is 5.02 Å². The van der Waals surface area contributed by atoms with Crippen molar-refractivity contribution in [2.24, 2.45) is 5.92 Å². The van der Waals surface area contributed by atoms with Crippen molar-refractivity contribution in [1.29, 1.82) is 0 Å². The van der Waals surface area contributed by atoms with Crippen LogP contribution in [0.4, 0.5) is 26.3 Å². The first kappa shape index (κ1) is 15.1. The first-order valence-electron chi connectivity index (χ1n) is 4.60. The second kappa shape index (κ2) is 4.97. The second-order valence-electron chi connectivity index (χ2n) is 3.56. The third kappa shape index (κ3) is 3.52. The summed E-state index contributed by atoms with van der Waals surface area (Å²) in [4.78, 5) is 0. The van der Waals surface area contributed by atoms with Gasteiger partial charge >= 0.3 is 12.4 Å². The van der Waals surface area contributed by atoms with Crippen LogP contribution in [0, 0.1) is 5.92 Å². The van der Waals surface area contributed by atoms with Gasteiger partial charge in [0.25, 0.3) is 0 Å². The van der Waals surface area contributed by atoms with E-state index < -0.39 is 29.9 Å². The van der Waals surface area contributed by atoms with E-state index in [9.17, 15) is 31.4 Å². The SMILES string of the molecule is OC(c1ccc(Cl)cc1)C(C(F)(F)F)C(F)(F)F. The second-order valence-corrected chi connectivity index (χ2v) is 3.99. The molecule has 1 N–H and O–H groups in total. The molecule has 18 heavy (non-hydrogen) atoms. The van der Waals surface area contributed by atoms with Gasteiger partial charge in [-0.05, 0) is 17.7 Å². The number of aliphatic hydroxyl groups excluding tert-OH is 1. The van der Waals surface area contributed by atoms with Gasteiger partial charge in [-0.15, -0.1) is 0 Å². The average molecular weight is 293 g/mol. The van der Waals surface area contributed by atoms with E-state index in [-0.39, 0.29) is 5.02 Å². The summed E-state index contributed by atoms with van der Waals surface area (Å²) < 4.78 is 74.0. The van der Waals surface area contributed by atoms with Crippen molar-refractivity contribution in [3.63, 3.8) is 0 Å².